The van der Waals surface area contributed by atoms with Gasteiger partial charge in [0.05, 0.1) is 9.92 Å². The molecule has 2 rings (SSSR count). The summed E-state index contributed by atoms with van der Waals surface area (Å²) in [7, 11) is -3.60. The van der Waals surface area contributed by atoms with Gasteiger partial charge in [0.2, 0.25) is 10.0 Å². The van der Waals surface area contributed by atoms with E-state index in [-0.39, 0.29) is 34.2 Å². The summed E-state index contributed by atoms with van der Waals surface area (Å²) in [5.74, 6) is 0.0376. The molecule has 0 radical (unpaired) electrons. The lowest BCUT2D eigenvalue weighted by Crippen LogP contribution is -2.32. The molecule has 1 aliphatic carbocycles. The molecule has 0 spiro atoms. The molecule has 1 aliphatic rings. The molecule has 1 fully saturated rings. The van der Waals surface area contributed by atoms with Gasteiger partial charge in [-0.25, -0.2) is 13.1 Å². The molecule has 0 heterocycles. The molecule has 1 aromatic rings. The maximum atomic E-state index is 12.4. The van der Waals surface area contributed by atoms with Crippen molar-refractivity contribution < 1.29 is 17.9 Å². The SMILES string of the molecule is CCCNC(=O)COc1ccc(S(=O)(=O)NC2CCCC2)cc1Cl. The summed E-state index contributed by atoms with van der Waals surface area (Å²) in [4.78, 5) is 11.6. The van der Waals surface area contributed by atoms with Crippen molar-refractivity contribution in [3.8, 4) is 5.75 Å². The summed E-state index contributed by atoms with van der Waals surface area (Å²) in [6.07, 6.45) is 4.65. The second kappa shape index (κ2) is 8.69. The molecule has 1 amide bonds. The Morgan fingerprint density at radius 3 is 2.67 bits per heavy atom. The Hall–Kier alpha value is -1.31. The third-order valence-corrected chi connectivity index (χ3v) is 5.64. The maximum Gasteiger partial charge on any atom is 0.257 e. The first kappa shape index (κ1) is 19.0. The van der Waals surface area contributed by atoms with Gasteiger partial charge in [-0.3, -0.25) is 4.79 Å². The standard InChI is InChI=1S/C16H23ClN2O4S/c1-2-9-18-16(20)11-23-15-8-7-13(10-14(15)17)24(21,22)19-12-5-3-4-6-12/h7-8,10,12,19H,2-6,9,11H2,1H3,(H,18,20). The number of ether oxygens (including phenoxy) is 1. The second-order valence-electron chi connectivity index (χ2n) is 5.83. The van der Waals surface area contributed by atoms with Crippen molar-refractivity contribution in [2.45, 2.75) is 50.0 Å². The molecule has 1 aromatic carbocycles. The van der Waals surface area contributed by atoms with Gasteiger partial charge in [0.25, 0.3) is 5.91 Å². The van der Waals surface area contributed by atoms with E-state index in [0.717, 1.165) is 32.1 Å². The fourth-order valence-corrected chi connectivity index (χ4v) is 4.19. The first-order valence-electron chi connectivity index (χ1n) is 8.13. The van der Waals surface area contributed by atoms with Gasteiger partial charge in [-0.1, -0.05) is 31.4 Å². The highest BCUT2D eigenvalue weighted by Gasteiger charge is 2.23. The van der Waals surface area contributed by atoms with Crippen molar-refractivity contribution in [1.82, 2.24) is 10.0 Å². The minimum atomic E-state index is -3.60. The van der Waals surface area contributed by atoms with Gasteiger partial charge < -0.3 is 10.1 Å². The van der Waals surface area contributed by atoms with Crippen LogP contribution in [0, 0.1) is 0 Å². The zero-order valence-electron chi connectivity index (χ0n) is 13.7. The van der Waals surface area contributed by atoms with Crippen molar-refractivity contribution in [3.63, 3.8) is 0 Å². The Kier molecular flexibility index (Phi) is 6.89. The normalized spacial score (nSPS) is 15.4. The lowest BCUT2D eigenvalue weighted by atomic mass is 10.3. The number of benzene rings is 1. The van der Waals surface area contributed by atoms with Crippen LogP contribution >= 0.6 is 11.6 Å². The number of halogens is 1. The molecule has 2 N–H and O–H groups in total. The Labute approximate surface area is 148 Å². The number of rotatable bonds is 8. The smallest absolute Gasteiger partial charge is 0.257 e. The molecule has 0 atom stereocenters. The minimum absolute atomic E-state index is 0.00744. The molecule has 6 nitrogen and oxygen atoms in total. The predicted octanol–water partition coefficient (Wildman–Crippen LogP) is 2.47. The van der Waals surface area contributed by atoms with Crippen LogP contribution in [0.25, 0.3) is 0 Å². The summed E-state index contributed by atoms with van der Waals surface area (Å²) in [5, 5.41) is 2.84. The van der Waals surface area contributed by atoms with E-state index in [1.54, 1.807) is 0 Å². The number of sulfonamides is 1. The second-order valence-corrected chi connectivity index (χ2v) is 7.95. The molecule has 24 heavy (non-hydrogen) atoms. The van der Waals surface area contributed by atoms with Crippen molar-refractivity contribution in [3.05, 3.63) is 23.2 Å². The van der Waals surface area contributed by atoms with Gasteiger partial charge in [0.15, 0.2) is 6.61 Å². The lowest BCUT2D eigenvalue weighted by Gasteiger charge is -2.14. The maximum absolute atomic E-state index is 12.4. The number of hydrogen-bond acceptors (Lipinski definition) is 4. The average molecular weight is 375 g/mol. The van der Waals surface area contributed by atoms with Gasteiger partial charge in [-0.15, -0.1) is 0 Å². The number of nitrogens with one attached hydrogen (secondary N) is 2. The Bertz CT molecular complexity index is 673. The number of amides is 1. The van der Waals surface area contributed by atoms with Crippen molar-refractivity contribution in [1.29, 1.82) is 0 Å². The fraction of sp³-hybridized carbons (Fsp3) is 0.562. The fourth-order valence-electron chi connectivity index (χ4n) is 2.56. The Morgan fingerprint density at radius 2 is 2.04 bits per heavy atom. The quantitative estimate of drug-likeness (QED) is 0.732. The summed E-state index contributed by atoms with van der Waals surface area (Å²) in [6, 6.07) is 4.24. The lowest BCUT2D eigenvalue weighted by molar-refractivity contribution is -0.123. The predicted molar refractivity (Wildman–Crippen MR) is 92.8 cm³/mol. The molecular weight excluding hydrogens is 352 g/mol. The number of carbonyl (C=O) groups excluding carboxylic acids is 1. The van der Waals surface area contributed by atoms with Crippen LogP contribution in [0.2, 0.25) is 5.02 Å². The summed E-state index contributed by atoms with van der Waals surface area (Å²) < 4.78 is 32.8. The highest BCUT2D eigenvalue weighted by Crippen LogP contribution is 2.28. The summed E-state index contributed by atoms with van der Waals surface area (Å²) in [5.41, 5.74) is 0. The monoisotopic (exact) mass is 374 g/mol. The topological polar surface area (TPSA) is 84.5 Å². The van der Waals surface area contributed by atoms with Crippen LogP contribution in [0.3, 0.4) is 0 Å². The highest BCUT2D eigenvalue weighted by molar-refractivity contribution is 7.89. The van der Waals surface area contributed by atoms with Crippen LogP contribution < -0.4 is 14.8 Å². The highest BCUT2D eigenvalue weighted by atomic mass is 35.5. The van der Waals surface area contributed by atoms with Crippen LogP contribution in [0.5, 0.6) is 5.75 Å². The van der Waals surface area contributed by atoms with Crippen LogP contribution in [0.4, 0.5) is 0 Å². The molecule has 0 bridgehead atoms. The largest absolute Gasteiger partial charge is 0.482 e. The van der Waals surface area contributed by atoms with Crippen LogP contribution in [0.15, 0.2) is 23.1 Å². The summed E-state index contributed by atoms with van der Waals surface area (Å²) in [6.45, 7) is 2.38. The van der Waals surface area contributed by atoms with Gasteiger partial charge in [0.1, 0.15) is 5.75 Å². The zero-order valence-corrected chi connectivity index (χ0v) is 15.3. The third-order valence-electron chi connectivity index (χ3n) is 3.82. The van der Waals surface area contributed by atoms with Crippen molar-refractivity contribution >= 4 is 27.5 Å². The van der Waals surface area contributed by atoms with E-state index < -0.39 is 10.0 Å². The van der Waals surface area contributed by atoms with Crippen LogP contribution in [-0.4, -0.2) is 33.5 Å². The van der Waals surface area contributed by atoms with Gasteiger partial charge in [-0.2, -0.15) is 0 Å². The molecule has 0 unspecified atom stereocenters. The van der Waals surface area contributed by atoms with E-state index in [9.17, 15) is 13.2 Å². The molecule has 8 heteroatoms. The van der Waals surface area contributed by atoms with E-state index in [1.807, 2.05) is 6.92 Å². The number of hydrogen-bond donors (Lipinski definition) is 2. The van der Waals surface area contributed by atoms with E-state index in [4.69, 9.17) is 16.3 Å². The Balaban J connectivity index is 1.99. The van der Waals surface area contributed by atoms with Crippen molar-refractivity contribution in [2.75, 3.05) is 13.2 Å². The molecule has 0 saturated heterocycles. The average Bonchev–Trinajstić information content (AvgIpc) is 3.03. The first-order chi connectivity index (χ1) is 11.4. The van der Waals surface area contributed by atoms with Crippen LogP contribution in [0.1, 0.15) is 39.0 Å². The molecular formula is C16H23ClN2O4S. The van der Waals surface area contributed by atoms with Gasteiger partial charge in [0, 0.05) is 12.6 Å². The van der Waals surface area contributed by atoms with Crippen LogP contribution in [-0.2, 0) is 14.8 Å². The zero-order chi connectivity index (χ0) is 17.6. The van der Waals surface area contributed by atoms with E-state index >= 15 is 0 Å². The molecule has 1 saturated carbocycles. The van der Waals surface area contributed by atoms with Gasteiger partial charge >= 0.3 is 0 Å². The third kappa shape index (κ3) is 5.36. The molecule has 0 aromatic heterocycles. The van der Waals surface area contributed by atoms with E-state index in [0.29, 0.717) is 6.54 Å². The first-order valence-corrected chi connectivity index (χ1v) is 10.00. The summed E-state index contributed by atoms with van der Waals surface area (Å²) >= 11 is 6.09. The number of carbonyl (C=O) groups is 1. The Morgan fingerprint density at radius 1 is 1.33 bits per heavy atom. The van der Waals surface area contributed by atoms with E-state index in [1.165, 1.54) is 18.2 Å². The molecule has 0 aliphatic heterocycles. The minimum Gasteiger partial charge on any atom is -0.482 e. The van der Waals surface area contributed by atoms with Crippen molar-refractivity contribution in [2.24, 2.45) is 0 Å². The van der Waals surface area contributed by atoms with E-state index in [2.05, 4.69) is 10.0 Å². The van der Waals surface area contributed by atoms with Gasteiger partial charge in [-0.05, 0) is 37.5 Å². The molecule has 134 valence electrons.